The number of carbonyl (C=O) groups excluding carboxylic acids is 1. The maximum Gasteiger partial charge on any atom is 0.224 e. The topological polar surface area (TPSA) is 85.1 Å². The number of hydrogen-bond acceptors (Lipinski definition) is 5. The summed E-state index contributed by atoms with van der Waals surface area (Å²) in [7, 11) is 0. The van der Waals surface area contributed by atoms with Gasteiger partial charge in [-0.25, -0.2) is 0 Å². The standard InChI is InChI=1S/C25H20N6O/c32-24(14-11-18-6-2-1-3-7-18)27-21-10-4-8-19(16-21)22-12-13-23-28-29-25(31(23)30-22)20-9-5-15-26-17-20/h1-10,12-13,15-17H,11,14H2,(H,27,32). The Hall–Kier alpha value is -4.39. The van der Waals surface area contributed by atoms with Gasteiger partial charge in [0.05, 0.1) is 5.69 Å². The molecule has 0 aliphatic carbocycles. The maximum atomic E-state index is 12.4. The molecule has 1 N–H and O–H groups in total. The number of anilines is 1. The third-order valence-electron chi connectivity index (χ3n) is 5.11. The van der Waals surface area contributed by atoms with Crippen molar-refractivity contribution in [2.75, 3.05) is 5.32 Å². The van der Waals surface area contributed by atoms with Gasteiger partial charge in [-0.2, -0.15) is 9.61 Å². The van der Waals surface area contributed by atoms with Gasteiger partial charge in [-0.1, -0.05) is 42.5 Å². The van der Waals surface area contributed by atoms with Crippen LogP contribution in [0.25, 0.3) is 28.3 Å². The Morgan fingerprint density at radius 1 is 0.875 bits per heavy atom. The van der Waals surface area contributed by atoms with Gasteiger partial charge >= 0.3 is 0 Å². The Morgan fingerprint density at radius 2 is 1.75 bits per heavy atom. The molecule has 0 spiro atoms. The molecule has 156 valence electrons. The molecular formula is C25H20N6O. The van der Waals surface area contributed by atoms with E-state index in [4.69, 9.17) is 5.10 Å². The molecule has 5 aromatic rings. The predicted molar refractivity (Wildman–Crippen MR) is 123 cm³/mol. The van der Waals surface area contributed by atoms with Gasteiger partial charge in [0.25, 0.3) is 0 Å². The molecule has 0 saturated carbocycles. The largest absolute Gasteiger partial charge is 0.326 e. The number of nitrogens with one attached hydrogen (secondary N) is 1. The maximum absolute atomic E-state index is 12.4. The first-order valence-corrected chi connectivity index (χ1v) is 10.3. The van der Waals surface area contributed by atoms with Crippen LogP contribution < -0.4 is 5.32 Å². The Morgan fingerprint density at radius 3 is 2.59 bits per heavy atom. The van der Waals surface area contributed by atoms with Crippen LogP contribution in [0.4, 0.5) is 5.69 Å². The van der Waals surface area contributed by atoms with Crippen LogP contribution >= 0.6 is 0 Å². The van der Waals surface area contributed by atoms with Gasteiger partial charge in [0, 0.05) is 35.6 Å². The number of hydrogen-bond donors (Lipinski definition) is 1. The number of rotatable bonds is 6. The van der Waals surface area contributed by atoms with Crippen molar-refractivity contribution in [2.24, 2.45) is 0 Å². The summed E-state index contributed by atoms with van der Waals surface area (Å²) in [6.07, 6.45) is 4.57. The first-order chi connectivity index (χ1) is 15.8. The van der Waals surface area contributed by atoms with E-state index >= 15 is 0 Å². The number of amides is 1. The second-order valence-electron chi connectivity index (χ2n) is 7.37. The van der Waals surface area contributed by atoms with E-state index in [1.165, 1.54) is 0 Å². The molecule has 0 atom stereocenters. The van der Waals surface area contributed by atoms with Gasteiger partial charge in [0.1, 0.15) is 0 Å². The third kappa shape index (κ3) is 4.22. The Bertz CT molecular complexity index is 1370. The van der Waals surface area contributed by atoms with Crippen LogP contribution in [0, 0.1) is 0 Å². The molecule has 3 aromatic heterocycles. The minimum Gasteiger partial charge on any atom is -0.326 e. The molecule has 5 rings (SSSR count). The summed E-state index contributed by atoms with van der Waals surface area (Å²) in [6, 6.07) is 25.2. The van der Waals surface area contributed by atoms with Gasteiger partial charge in [-0.05, 0) is 48.4 Å². The van der Waals surface area contributed by atoms with Crippen molar-refractivity contribution in [3.8, 4) is 22.6 Å². The third-order valence-corrected chi connectivity index (χ3v) is 5.11. The fourth-order valence-electron chi connectivity index (χ4n) is 3.50. The highest BCUT2D eigenvalue weighted by Gasteiger charge is 2.11. The van der Waals surface area contributed by atoms with Gasteiger partial charge < -0.3 is 5.32 Å². The summed E-state index contributed by atoms with van der Waals surface area (Å²) in [5.74, 6) is 0.604. The molecule has 7 nitrogen and oxygen atoms in total. The molecule has 3 heterocycles. The van der Waals surface area contributed by atoms with Crippen LogP contribution in [0.2, 0.25) is 0 Å². The van der Waals surface area contributed by atoms with E-state index in [1.54, 1.807) is 16.9 Å². The van der Waals surface area contributed by atoms with E-state index in [0.717, 1.165) is 28.1 Å². The van der Waals surface area contributed by atoms with Crippen molar-refractivity contribution in [1.82, 2.24) is 24.8 Å². The van der Waals surface area contributed by atoms with Crippen molar-refractivity contribution in [3.05, 3.63) is 96.8 Å². The zero-order valence-corrected chi connectivity index (χ0v) is 17.2. The minimum absolute atomic E-state index is 0.0212. The average Bonchev–Trinajstić information content (AvgIpc) is 3.27. The first kappa shape index (κ1) is 19.6. The number of aryl methyl sites for hydroxylation is 1. The molecule has 0 radical (unpaired) electrons. The molecule has 0 fully saturated rings. The zero-order valence-electron chi connectivity index (χ0n) is 17.2. The van der Waals surface area contributed by atoms with Crippen molar-refractivity contribution < 1.29 is 4.79 Å². The van der Waals surface area contributed by atoms with Gasteiger partial charge in [-0.15, -0.1) is 10.2 Å². The Labute approximate surface area is 184 Å². The van der Waals surface area contributed by atoms with Crippen LogP contribution in [0.5, 0.6) is 0 Å². The fourth-order valence-corrected chi connectivity index (χ4v) is 3.50. The number of fused-ring (bicyclic) bond motifs is 1. The summed E-state index contributed by atoms with van der Waals surface area (Å²) in [4.78, 5) is 16.6. The van der Waals surface area contributed by atoms with Crippen LogP contribution in [0.3, 0.4) is 0 Å². The molecule has 32 heavy (non-hydrogen) atoms. The van der Waals surface area contributed by atoms with E-state index in [9.17, 15) is 4.79 Å². The molecule has 0 bridgehead atoms. The lowest BCUT2D eigenvalue weighted by Crippen LogP contribution is -2.12. The summed E-state index contributed by atoms with van der Waals surface area (Å²) >= 11 is 0. The van der Waals surface area contributed by atoms with E-state index < -0.39 is 0 Å². The highest BCUT2D eigenvalue weighted by atomic mass is 16.1. The van der Waals surface area contributed by atoms with E-state index in [1.807, 2.05) is 78.9 Å². The van der Waals surface area contributed by atoms with E-state index in [2.05, 4.69) is 20.5 Å². The highest BCUT2D eigenvalue weighted by molar-refractivity contribution is 5.91. The number of pyridine rings is 1. The quantitative estimate of drug-likeness (QED) is 0.439. The van der Waals surface area contributed by atoms with E-state index in [0.29, 0.717) is 24.3 Å². The summed E-state index contributed by atoms with van der Waals surface area (Å²) in [6.45, 7) is 0. The fraction of sp³-hybridized carbons (Fsp3) is 0.0800. The van der Waals surface area contributed by atoms with Crippen molar-refractivity contribution in [2.45, 2.75) is 12.8 Å². The van der Waals surface area contributed by atoms with Gasteiger partial charge in [-0.3, -0.25) is 9.78 Å². The first-order valence-electron chi connectivity index (χ1n) is 10.3. The molecule has 0 aliphatic heterocycles. The summed E-state index contributed by atoms with van der Waals surface area (Å²) in [5, 5.41) is 16.2. The molecule has 7 heteroatoms. The minimum atomic E-state index is -0.0212. The molecule has 0 unspecified atom stereocenters. The second-order valence-corrected chi connectivity index (χ2v) is 7.37. The number of nitrogens with zero attached hydrogens (tertiary/aromatic N) is 5. The lowest BCUT2D eigenvalue weighted by Gasteiger charge is -2.08. The zero-order chi connectivity index (χ0) is 21.8. The monoisotopic (exact) mass is 420 g/mol. The SMILES string of the molecule is O=C(CCc1ccccc1)Nc1cccc(-c2ccc3nnc(-c4cccnc4)n3n2)c1. The molecule has 0 aliphatic rings. The smallest absolute Gasteiger partial charge is 0.224 e. The number of aromatic nitrogens is 5. The van der Waals surface area contributed by atoms with Gasteiger partial charge in [0.15, 0.2) is 11.5 Å². The predicted octanol–water partition coefficient (Wildman–Crippen LogP) is 4.42. The van der Waals surface area contributed by atoms with Crippen molar-refractivity contribution in [3.63, 3.8) is 0 Å². The van der Waals surface area contributed by atoms with Crippen molar-refractivity contribution >= 4 is 17.2 Å². The number of benzene rings is 2. The molecule has 2 aromatic carbocycles. The summed E-state index contributed by atoms with van der Waals surface area (Å²) in [5.41, 5.74) is 5.01. The van der Waals surface area contributed by atoms with Crippen LogP contribution in [0.1, 0.15) is 12.0 Å². The van der Waals surface area contributed by atoms with Crippen LogP contribution in [-0.4, -0.2) is 30.7 Å². The lowest BCUT2D eigenvalue weighted by molar-refractivity contribution is -0.116. The average molecular weight is 420 g/mol. The summed E-state index contributed by atoms with van der Waals surface area (Å²) < 4.78 is 1.71. The molecule has 1 amide bonds. The van der Waals surface area contributed by atoms with Crippen molar-refractivity contribution in [1.29, 1.82) is 0 Å². The highest BCUT2D eigenvalue weighted by Crippen LogP contribution is 2.23. The molecule has 0 saturated heterocycles. The van der Waals surface area contributed by atoms with Gasteiger partial charge in [0.2, 0.25) is 5.91 Å². The van der Waals surface area contributed by atoms with E-state index in [-0.39, 0.29) is 5.91 Å². The Kier molecular flexibility index (Phi) is 5.36. The Balaban J connectivity index is 1.36. The van der Waals surface area contributed by atoms with Crippen LogP contribution in [-0.2, 0) is 11.2 Å². The normalized spacial score (nSPS) is 10.9. The molecular weight excluding hydrogens is 400 g/mol. The lowest BCUT2D eigenvalue weighted by atomic mass is 10.1. The second kappa shape index (κ2) is 8.77. The van der Waals surface area contributed by atoms with Crippen LogP contribution in [0.15, 0.2) is 91.3 Å². The number of carbonyl (C=O) groups is 1.